The van der Waals surface area contributed by atoms with E-state index in [1.54, 1.807) is 0 Å². The molecule has 1 heterocycles. The van der Waals surface area contributed by atoms with Crippen LogP contribution in [0.5, 0.6) is 0 Å². The van der Waals surface area contributed by atoms with E-state index in [0.29, 0.717) is 0 Å². The van der Waals surface area contributed by atoms with E-state index in [1.807, 2.05) is 0 Å². The van der Waals surface area contributed by atoms with Gasteiger partial charge >= 0.3 is 5.97 Å². The van der Waals surface area contributed by atoms with Crippen molar-refractivity contribution in [3.05, 3.63) is 29.3 Å². The first-order chi connectivity index (χ1) is 9.74. The minimum Gasteiger partial charge on any atom is -0.481 e. The lowest BCUT2D eigenvalue weighted by atomic mass is 9.94. The Balaban J connectivity index is 2.52. The van der Waals surface area contributed by atoms with Gasteiger partial charge in [0.25, 0.3) is 0 Å². The van der Waals surface area contributed by atoms with Gasteiger partial charge in [0.05, 0.1) is 17.5 Å². The Kier molecular flexibility index (Phi) is 3.71. The second-order valence-corrected chi connectivity index (χ2v) is 5.40. The molecular weight excluding hydrogens is 282 g/mol. The highest BCUT2D eigenvalue weighted by Gasteiger charge is 2.30. The molecule has 6 nitrogen and oxygen atoms in total. The van der Waals surface area contributed by atoms with Gasteiger partial charge in [0, 0.05) is 0 Å². The molecule has 1 aromatic heterocycles. The van der Waals surface area contributed by atoms with Crippen LogP contribution in [-0.4, -0.2) is 31.3 Å². The maximum atomic E-state index is 14.1. The zero-order valence-corrected chi connectivity index (χ0v) is 11.8. The number of aliphatic carboxylic acids is 1. The van der Waals surface area contributed by atoms with Crippen molar-refractivity contribution < 1.29 is 18.7 Å². The van der Waals surface area contributed by atoms with E-state index in [9.17, 15) is 13.6 Å². The lowest BCUT2D eigenvalue weighted by molar-refractivity contribution is -0.147. The smallest absolute Gasteiger partial charge is 0.310 e. The molecule has 112 valence electrons. The minimum absolute atomic E-state index is 0.114. The SMILES string of the molecule is Cc1ccc(F)c(-c2nnnn2CC(C)(C)C(=O)O)c1F. The fourth-order valence-electron chi connectivity index (χ4n) is 1.79. The number of halogens is 2. The third-order valence-corrected chi connectivity index (χ3v) is 3.16. The van der Waals surface area contributed by atoms with E-state index in [4.69, 9.17) is 5.11 Å². The zero-order valence-electron chi connectivity index (χ0n) is 11.8. The fourth-order valence-corrected chi connectivity index (χ4v) is 1.79. The van der Waals surface area contributed by atoms with Crippen molar-refractivity contribution in [3.8, 4) is 11.4 Å². The molecule has 0 aliphatic rings. The van der Waals surface area contributed by atoms with E-state index in [2.05, 4.69) is 15.5 Å². The Bertz CT molecular complexity index is 697. The van der Waals surface area contributed by atoms with Crippen molar-refractivity contribution in [2.45, 2.75) is 27.3 Å². The summed E-state index contributed by atoms with van der Waals surface area (Å²) >= 11 is 0. The van der Waals surface area contributed by atoms with Gasteiger partial charge in [-0.3, -0.25) is 4.79 Å². The van der Waals surface area contributed by atoms with Crippen LogP contribution in [0.4, 0.5) is 8.78 Å². The molecule has 8 heteroatoms. The molecule has 1 aromatic carbocycles. The molecule has 0 radical (unpaired) electrons. The van der Waals surface area contributed by atoms with Gasteiger partial charge in [0.2, 0.25) is 0 Å². The lowest BCUT2D eigenvalue weighted by Crippen LogP contribution is -2.30. The van der Waals surface area contributed by atoms with Crippen LogP contribution in [0.2, 0.25) is 0 Å². The standard InChI is InChI=1S/C13H14F2N4O2/c1-7-4-5-8(14)9(10(7)15)11-16-17-18-19(11)6-13(2,3)12(20)21/h4-5H,6H2,1-3H3,(H,20,21). The van der Waals surface area contributed by atoms with Crippen LogP contribution in [0, 0.1) is 24.0 Å². The van der Waals surface area contributed by atoms with Crippen molar-refractivity contribution in [2.24, 2.45) is 5.41 Å². The molecule has 0 saturated heterocycles. The van der Waals surface area contributed by atoms with Gasteiger partial charge in [-0.05, 0) is 42.8 Å². The Morgan fingerprint density at radius 2 is 2.05 bits per heavy atom. The number of carbonyl (C=O) groups is 1. The zero-order chi connectivity index (χ0) is 15.8. The molecule has 21 heavy (non-hydrogen) atoms. The number of aromatic nitrogens is 4. The average molecular weight is 296 g/mol. The van der Waals surface area contributed by atoms with Gasteiger partial charge in [0.15, 0.2) is 5.82 Å². The highest BCUT2D eigenvalue weighted by atomic mass is 19.1. The van der Waals surface area contributed by atoms with E-state index in [-0.39, 0.29) is 23.5 Å². The molecule has 0 aliphatic carbocycles. The van der Waals surface area contributed by atoms with Gasteiger partial charge in [-0.2, -0.15) is 0 Å². The molecular formula is C13H14F2N4O2. The number of rotatable bonds is 4. The largest absolute Gasteiger partial charge is 0.481 e. The molecule has 0 amide bonds. The summed E-state index contributed by atoms with van der Waals surface area (Å²) in [4.78, 5) is 11.2. The maximum absolute atomic E-state index is 14.1. The van der Waals surface area contributed by atoms with Crippen LogP contribution in [0.15, 0.2) is 12.1 Å². The third-order valence-electron chi connectivity index (χ3n) is 3.16. The second kappa shape index (κ2) is 5.19. The van der Waals surface area contributed by atoms with Crippen LogP contribution in [-0.2, 0) is 11.3 Å². The van der Waals surface area contributed by atoms with Gasteiger partial charge in [-0.25, -0.2) is 13.5 Å². The molecule has 1 N–H and O–H groups in total. The minimum atomic E-state index is -1.18. The summed E-state index contributed by atoms with van der Waals surface area (Å²) in [6, 6.07) is 2.43. The van der Waals surface area contributed by atoms with E-state index in [0.717, 1.165) is 10.7 Å². The lowest BCUT2D eigenvalue weighted by Gasteiger charge is -2.19. The molecule has 0 unspecified atom stereocenters. The summed E-state index contributed by atoms with van der Waals surface area (Å²) in [5, 5.41) is 19.8. The van der Waals surface area contributed by atoms with Gasteiger partial charge in [-0.15, -0.1) is 5.10 Å². The number of hydrogen-bond donors (Lipinski definition) is 1. The van der Waals surface area contributed by atoms with Crippen molar-refractivity contribution in [1.29, 1.82) is 0 Å². The van der Waals surface area contributed by atoms with Crippen LogP contribution < -0.4 is 0 Å². The van der Waals surface area contributed by atoms with Gasteiger partial charge < -0.3 is 5.11 Å². The predicted molar refractivity (Wildman–Crippen MR) is 69.3 cm³/mol. The van der Waals surface area contributed by atoms with Crippen LogP contribution in [0.25, 0.3) is 11.4 Å². The van der Waals surface area contributed by atoms with Crippen LogP contribution >= 0.6 is 0 Å². The number of nitrogens with zero attached hydrogens (tertiary/aromatic N) is 4. The van der Waals surface area contributed by atoms with Gasteiger partial charge in [0.1, 0.15) is 11.6 Å². The first-order valence-electron chi connectivity index (χ1n) is 6.18. The van der Waals surface area contributed by atoms with E-state index >= 15 is 0 Å². The third kappa shape index (κ3) is 2.74. The number of aryl methyl sites for hydroxylation is 1. The van der Waals surface area contributed by atoms with Crippen molar-refractivity contribution in [1.82, 2.24) is 20.2 Å². The van der Waals surface area contributed by atoms with Crippen molar-refractivity contribution >= 4 is 5.97 Å². The van der Waals surface area contributed by atoms with Crippen LogP contribution in [0.3, 0.4) is 0 Å². The summed E-state index contributed by atoms with van der Waals surface area (Å²) in [6.45, 7) is 4.33. The fraction of sp³-hybridized carbons (Fsp3) is 0.385. The first-order valence-corrected chi connectivity index (χ1v) is 6.18. The number of tetrazole rings is 1. The molecule has 0 fully saturated rings. The molecule has 0 bridgehead atoms. The summed E-state index contributed by atoms with van der Waals surface area (Å²) < 4.78 is 29.1. The molecule has 0 saturated carbocycles. The Morgan fingerprint density at radius 1 is 1.38 bits per heavy atom. The van der Waals surface area contributed by atoms with E-state index in [1.165, 1.54) is 26.8 Å². The maximum Gasteiger partial charge on any atom is 0.310 e. The Labute approximate surface area is 119 Å². The molecule has 0 spiro atoms. The summed E-state index contributed by atoms with van der Waals surface area (Å²) in [5.41, 5.74) is -1.29. The quantitative estimate of drug-likeness (QED) is 0.933. The second-order valence-electron chi connectivity index (χ2n) is 5.40. The average Bonchev–Trinajstić information content (AvgIpc) is 2.82. The highest BCUT2D eigenvalue weighted by Crippen LogP contribution is 2.28. The highest BCUT2D eigenvalue weighted by molar-refractivity contribution is 5.73. The van der Waals surface area contributed by atoms with Gasteiger partial charge in [-0.1, -0.05) is 6.07 Å². The predicted octanol–water partition coefficient (Wildman–Crippen LogP) is 2.04. The van der Waals surface area contributed by atoms with Crippen molar-refractivity contribution in [2.75, 3.05) is 0 Å². The topological polar surface area (TPSA) is 80.9 Å². The number of carboxylic acid groups (broad SMARTS) is 1. The van der Waals surface area contributed by atoms with Crippen LogP contribution in [0.1, 0.15) is 19.4 Å². The molecule has 0 atom stereocenters. The summed E-state index contributed by atoms with van der Waals surface area (Å²) in [7, 11) is 0. The van der Waals surface area contributed by atoms with E-state index < -0.39 is 23.0 Å². The van der Waals surface area contributed by atoms with Crippen molar-refractivity contribution in [3.63, 3.8) is 0 Å². The summed E-state index contributed by atoms with van der Waals surface area (Å²) in [6.07, 6.45) is 0. The monoisotopic (exact) mass is 296 g/mol. The molecule has 2 aromatic rings. The molecule has 0 aliphatic heterocycles. The number of benzene rings is 1. The molecule has 2 rings (SSSR count). The normalized spacial score (nSPS) is 11.7. The summed E-state index contributed by atoms with van der Waals surface area (Å²) in [5.74, 6) is -2.77. The number of carboxylic acids is 1. The Morgan fingerprint density at radius 3 is 2.67 bits per heavy atom. The number of hydrogen-bond acceptors (Lipinski definition) is 4. The first kappa shape index (κ1) is 15.0. The Hall–Kier alpha value is -2.38.